The highest BCUT2D eigenvalue weighted by Gasteiger charge is 2.26. The highest BCUT2D eigenvalue weighted by molar-refractivity contribution is 7.19. The maximum Gasteiger partial charge on any atom is 0.101 e. The van der Waals surface area contributed by atoms with Crippen molar-refractivity contribution in [2.75, 3.05) is 0 Å². The number of hydrogen-bond donors (Lipinski definition) is 2. The van der Waals surface area contributed by atoms with Gasteiger partial charge < -0.3 is 11.1 Å². The third-order valence-electron chi connectivity index (χ3n) is 8.50. The van der Waals surface area contributed by atoms with Crippen LogP contribution in [0.4, 0.5) is 0 Å². The second-order valence-corrected chi connectivity index (χ2v) is 12.7. The number of rotatable bonds is 8. The average molecular weight is 589 g/mol. The second kappa shape index (κ2) is 12.5. The van der Waals surface area contributed by atoms with Gasteiger partial charge in [-0.1, -0.05) is 133 Å². The lowest BCUT2D eigenvalue weighted by molar-refractivity contribution is 0.665. The molecule has 0 saturated heterocycles. The minimum Gasteiger partial charge on any atom is -0.366 e. The Hall–Kier alpha value is -4.70. The highest BCUT2D eigenvalue weighted by Crippen LogP contribution is 2.47. The van der Waals surface area contributed by atoms with Crippen molar-refractivity contribution in [3.8, 4) is 0 Å². The van der Waals surface area contributed by atoms with Gasteiger partial charge in [0.25, 0.3) is 0 Å². The third kappa shape index (κ3) is 5.77. The van der Waals surface area contributed by atoms with Gasteiger partial charge in [0.2, 0.25) is 0 Å². The number of fused-ring (bicyclic) bond motifs is 3. The third-order valence-corrected chi connectivity index (χ3v) is 9.73. The molecule has 1 aliphatic carbocycles. The van der Waals surface area contributed by atoms with Crippen molar-refractivity contribution in [1.29, 1.82) is 0 Å². The molecule has 0 radical (unpaired) electrons. The molecular weight excluding hydrogens is 553 g/mol. The first kappa shape index (κ1) is 28.1. The van der Waals surface area contributed by atoms with E-state index in [4.69, 9.17) is 5.73 Å². The smallest absolute Gasteiger partial charge is 0.101 e. The first-order valence-electron chi connectivity index (χ1n) is 15.4. The fraction of sp³-hybridized carbons (Fsp3) is 0.122. The van der Waals surface area contributed by atoms with E-state index in [9.17, 15) is 0 Å². The fourth-order valence-electron chi connectivity index (χ4n) is 6.35. The summed E-state index contributed by atoms with van der Waals surface area (Å²) in [6, 6.07) is 47.7. The average Bonchev–Trinajstić information content (AvgIpc) is 3.46. The molecule has 1 unspecified atom stereocenters. The Morgan fingerprint density at radius 2 is 1.50 bits per heavy atom. The fourth-order valence-corrected chi connectivity index (χ4v) is 7.56. The molecule has 1 atom stereocenters. The van der Waals surface area contributed by atoms with Crippen LogP contribution in [-0.4, -0.2) is 0 Å². The van der Waals surface area contributed by atoms with Gasteiger partial charge in [-0.15, -0.1) is 11.3 Å². The summed E-state index contributed by atoms with van der Waals surface area (Å²) in [4.78, 5) is 1.48. The van der Waals surface area contributed by atoms with Gasteiger partial charge in [-0.05, 0) is 77.3 Å². The Morgan fingerprint density at radius 1 is 0.773 bits per heavy atom. The summed E-state index contributed by atoms with van der Waals surface area (Å²) < 4.78 is 1.36. The number of nitrogens with two attached hydrogens (primary N) is 1. The van der Waals surface area contributed by atoms with E-state index >= 15 is 0 Å². The Bertz CT molecular complexity index is 1980. The van der Waals surface area contributed by atoms with Crippen molar-refractivity contribution in [2.45, 2.75) is 32.4 Å². The summed E-state index contributed by atoms with van der Waals surface area (Å²) in [6.07, 6.45) is 4.77. The molecular formula is C41H36N2S. The Labute approximate surface area is 264 Å². The van der Waals surface area contributed by atoms with E-state index in [-0.39, 0.29) is 6.17 Å². The summed E-state index contributed by atoms with van der Waals surface area (Å²) in [7, 11) is 0. The molecule has 6 aromatic rings. The van der Waals surface area contributed by atoms with Crippen LogP contribution in [0.1, 0.15) is 56.4 Å². The zero-order chi connectivity index (χ0) is 29.9. The van der Waals surface area contributed by atoms with E-state index in [0.717, 1.165) is 36.1 Å². The molecule has 0 bridgehead atoms. The van der Waals surface area contributed by atoms with Crippen LogP contribution in [0, 0.1) is 6.92 Å². The molecule has 3 heteroatoms. The van der Waals surface area contributed by atoms with Crippen molar-refractivity contribution < 1.29 is 0 Å². The van der Waals surface area contributed by atoms with Gasteiger partial charge in [0.05, 0.1) is 0 Å². The van der Waals surface area contributed by atoms with Gasteiger partial charge in [-0.2, -0.15) is 0 Å². The molecule has 1 aliphatic rings. The first-order valence-corrected chi connectivity index (χ1v) is 16.2. The molecule has 1 heterocycles. The Balaban J connectivity index is 1.28. The van der Waals surface area contributed by atoms with Crippen LogP contribution in [-0.2, 0) is 12.8 Å². The summed E-state index contributed by atoms with van der Waals surface area (Å²) in [5.41, 5.74) is 19.4. The zero-order valence-electron chi connectivity index (χ0n) is 25.0. The van der Waals surface area contributed by atoms with Gasteiger partial charge in [0.15, 0.2) is 0 Å². The highest BCUT2D eigenvalue weighted by atomic mass is 32.1. The quantitative estimate of drug-likeness (QED) is 0.174. The molecule has 0 saturated carbocycles. The van der Waals surface area contributed by atoms with Crippen LogP contribution in [0.2, 0.25) is 0 Å². The number of nitrogens with one attached hydrogen (secondary N) is 1. The summed E-state index contributed by atoms with van der Waals surface area (Å²) in [5, 5.41) is 5.01. The van der Waals surface area contributed by atoms with Crippen molar-refractivity contribution in [2.24, 2.45) is 5.73 Å². The zero-order valence-corrected chi connectivity index (χ0v) is 25.8. The van der Waals surface area contributed by atoms with Gasteiger partial charge >= 0.3 is 0 Å². The SMILES string of the molecule is Cc1cccc(C2=C(c3cccc(C(N)N/C(=C\Cc4ccccc4)c4ccccc4)c3)CCc3sc4ccccc4c32)c1. The standard InChI is InChI=1S/C41H36N2S/c1-28-12-10-18-32(26-28)39-34(23-25-38-40(39)35-20-8-9-21-37(35)44-38)31-17-11-19-33(27-31)41(42)43-36(30-15-6-3-7-16-30)24-22-29-13-4-2-5-14-29/h2-21,24,26-27,41,43H,22-23,25,42H2,1H3/b36-24-. The molecule has 216 valence electrons. The van der Waals surface area contributed by atoms with Gasteiger partial charge in [-0.25, -0.2) is 0 Å². The summed E-state index contributed by atoms with van der Waals surface area (Å²) in [5.74, 6) is 0. The number of aryl methyl sites for hydroxylation is 2. The molecule has 0 aliphatic heterocycles. The van der Waals surface area contributed by atoms with Gasteiger partial charge in [-0.3, -0.25) is 0 Å². The molecule has 1 aromatic heterocycles. The minimum atomic E-state index is -0.360. The Kier molecular flexibility index (Phi) is 7.98. The lowest BCUT2D eigenvalue weighted by atomic mass is 9.81. The van der Waals surface area contributed by atoms with Crippen molar-refractivity contribution in [3.63, 3.8) is 0 Å². The monoisotopic (exact) mass is 588 g/mol. The van der Waals surface area contributed by atoms with E-state index in [1.165, 1.54) is 53.9 Å². The minimum absolute atomic E-state index is 0.360. The largest absolute Gasteiger partial charge is 0.366 e. The topological polar surface area (TPSA) is 38.0 Å². The van der Waals surface area contributed by atoms with Gasteiger partial charge in [0.1, 0.15) is 6.17 Å². The lowest BCUT2D eigenvalue weighted by Crippen LogP contribution is -2.27. The van der Waals surface area contributed by atoms with E-state index < -0.39 is 0 Å². The number of hydrogen-bond acceptors (Lipinski definition) is 3. The van der Waals surface area contributed by atoms with Crippen molar-refractivity contribution >= 4 is 38.3 Å². The summed E-state index contributed by atoms with van der Waals surface area (Å²) in [6.45, 7) is 2.18. The molecule has 44 heavy (non-hydrogen) atoms. The second-order valence-electron chi connectivity index (χ2n) is 11.5. The molecule has 0 spiro atoms. The first-order chi connectivity index (χ1) is 21.6. The van der Waals surface area contributed by atoms with Crippen LogP contribution >= 0.6 is 11.3 Å². The molecule has 0 amide bonds. The predicted molar refractivity (Wildman–Crippen MR) is 188 cm³/mol. The van der Waals surface area contributed by atoms with Crippen LogP contribution in [0.3, 0.4) is 0 Å². The van der Waals surface area contributed by atoms with E-state index in [1.807, 2.05) is 17.4 Å². The van der Waals surface area contributed by atoms with Crippen LogP contribution in [0.5, 0.6) is 0 Å². The van der Waals surface area contributed by atoms with Crippen LogP contribution in [0.15, 0.2) is 140 Å². The molecule has 0 fully saturated rings. The predicted octanol–water partition coefficient (Wildman–Crippen LogP) is 9.95. The number of allylic oxidation sites excluding steroid dienone is 2. The molecule has 7 rings (SSSR count). The molecule has 5 aromatic carbocycles. The lowest BCUT2D eigenvalue weighted by Gasteiger charge is -2.24. The maximum absolute atomic E-state index is 6.93. The van der Waals surface area contributed by atoms with Crippen LogP contribution in [0.25, 0.3) is 26.9 Å². The maximum atomic E-state index is 6.93. The molecule has 3 N–H and O–H groups in total. The Morgan fingerprint density at radius 3 is 2.32 bits per heavy atom. The molecule has 2 nitrogen and oxygen atoms in total. The van der Waals surface area contributed by atoms with E-state index in [2.05, 4.69) is 146 Å². The van der Waals surface area contributed by atoms with E-state index in [1.54, 1.807) is 0 Å². The van der Waals surface area contributed by atoms with E-state index in [0.29, 0.717) is 0 Å². The van der Waals surface area contributed by atoms with Crippen molar-refractivity contribution in [3.05, 3.63) is 183 Å². The number of thiophene rings is 1. The number of benzene rings is 5. The van der Waals surface area contributed by atoms with Crippen LogP contribution < -0.4 is 11.1 Å². The summed E-state index contributed by atoms with van der Waals surface area (Å²) >= 11 is 1.94. The van der Waals surface area contributed by atoms with Gasteiger partial charge in [0, 0.05) is 26.2 Å². The normalized spacial score (nSPS) is 14.0. The van der Waals surface area contributed by atoms with Crippen molar-refractivity contribution in [1.82, 2.24) is 5.32 Å².